The standard InChI is InChI=1S/C16H14FN3O2/c1-9-4-5-18-14(6-9)20-16(22)12-8-15(21)19-13-7-10(17)2-3-11(12)13/h2-7,12H,8H2,1H3,(H,19,21)(H,18,20,22). The molecule has 1 atom stereocenters. The lowest BCUT2D eigenvalue weighted by atomic mass is 9.89. The molecule has 22 heavy (non-hydrogen) atoms. The molecule has 0 fully saturated rings. The molecular formula is C16H14FN3O2. The maximum absolute atomic E-state index is 13.3. The van der Waals surface area contributed by atoms with Crippen LogP contribution >= 0.6 is 0 Å². The molecule has 6 heteroatoms. The molecule has 0 bridgehead atoms. The quantitative estimate of drug-likeness (QED) is 0.895. The maximum Gasteiger partial charge on any atom is 0.233 e. The first-order chi connectivity index (χ1) is 10.5. The highest BCUT2D eigenvalue weighted by molar-refractivity contribution is 6.04. The van der Waals surface area contributed by atoms with Gasteiger partial charge in [-0.3, -0.25) is 9.59 Å². The molecule has 2 amide bonds. The number of benzene rings is 1. The summed E-state index contributed by atoms with van der Waals surface area (Å²) < 4.78 is 13.3. The van der Waals surface area contributed by atoms with Gasteiger partial charge in [0.15, 0.2) is 0 Å². The Labute approximate surface area is 126 Å². The highest BCUT2D eigenvalue weighted by Crippen LogP contribution is 2.33. The van der Waals surface area contributed by atoms with Gasteiger partial charge in [-0.1, -0.05) is 6.07 Å². The fourth-order valence-corrected chi connectivity index (χ4v) is 2.49. The lowest BCUT2D eigenvalue weighted by Gasteiger charge is -2.24. The third-order valence-corrected chi connectivity index (χ3v) is 3.54. The number of hydrogen-bond donors (Lipinski definition) is 2. The Morgan fingerprint density at radius 3 is 2.95 bits per heavy atom. The van der Waals surface area contributed by atoms with Crippen molar-refractivity contribution in [3.63, 3.8) is 0 Å². The van der Waals surface area contributed by atoms with E-state index in [1.165, 1.54) is 18.2 Å². The molecule has 1 aromatic carbocycles. The van der Waals surface area contributed by atoms with Gasteiger partial charge in [-0.05, 0) is 42.3 Å². The largest absolute Gasteiger partial charge is 0.326 e. The number of aryl methyl sites for hydroxylation is 1. The Hall–Kier alpha value is -2.76. The number of nitrogens with zero attached hydrogens (tertiary/aromatic N) is 1. The van der Waals surface area contributed by atoms with Crippen LogP contribution in [0.2, 0.25) is 0 Å². The van der Waals surface area contributed by atoms with Crippen molar-refractivity contribution in [1.82, 2.24) is 4.98 Å². The van der Waals surface area contributed by atoms with E-state index in [2.05, 4.69) is 15.6 Å². The normalized spacial score (nSPS) is 16.6. The van der Waals surface area contributed by atoms with Crippen molar-refractivity contribution in [2.45, 2.75) is 19.3 Å². The van der Waals surface area contributed by atoms with Crippen molar-refractivity contribution in [1.29, 1.82) is 0 Å². The minimum Gasteiger partial charge on any atom is -0.326 e. The van der Waals surface area contributed by atoms with Crippen LogP contribution in [0.1, 0.15) is 23.5 Å². The molecule has 1 aromatic heterocycles. The number of carbonyl (C=O) groups is 2. The molecule has 1 aliphatic rings. The molecular weight excluding hydrogens is 285 g/mol. The van der Waals surface area contributed by atoms with Crippen molar-refractivity contribution < 1.29 is 14.0 Å². The second kappa shape index (κ2) is 5.55. The zero-order chi connectivity index (χ0) is 15.7. The summed E-state index contributed by atoms with van der Waals surface area (Å²) in [7, 11) is 0. The Morgan fingerprint density at radius 1 is 1.36 bits per heavy atom. The molecule has 0 saturated heterocycles. The molecule has 0 saturated carbocycles. The van der Waals surface area contributed by atoms with Gasteiger partial charge in [0.1, 0.15) is 11.6 Å². The van der Waals surface area contributed by atoms with Gasteiger partial charge in [0.2, 0.25) is 11.8 Å². The first-order valence-corrected chi connectivity index (χ1v) is 6.86. The van der Waals surface area contributed by atoms with Crippen LogP contribution in [0.4, 0.5) is 15.9 Å². The summed E-state index contributed by atoms with van der Waals surface area (Å²) >= 11 is 0. The van der Waals surface area contributed by atoms with E-state index in [-0.39, 0.29) is 18.2 Å². The van der Waals surface area contributed by atoms with Gasteiger partial charge in [-0.2, -0.15) is 0 Å². The molecule has 1 unspecified atom stereocenters. The van der Waals surface area contributed by atoms with Gasteiger partial charge in [0.05, 0.1) is 5.92 Å². The summed E-state index contributed by atoms with van der Waals surface area (Å²) in [4.78, 5) is 28.2. The molecule has 0 aliphatic carbocycles. The van der Waals surface area contributed by atoms with E-state index < -0.39 is 11.7 Å². The second-order valence-corrected chi connectivity index (χ2v) is 5.24. The summed E-state index contributed by atoms with van der Waals surface area (Å²) in [5.74, 6) is -1.33. The Balaban J connectivity index is 1.88. The van der Waals surface area contributed by atoms with Crippen molar-refractivity contribution in [2.75, 3.05) is 10.6 Å². The number of hydrogen-bond acceptors (Lipinski definition) is 3. The SMILES string of the molecule is Cc1ccnc(NC(=O)C2CC(=O)Nc3cc(F)ccc32)c1. The van der Waals surface area contributed by atoms with Crippen LogP contribution in [-0.2, 0) is 9.59 Å². The van der Waals surface area contributed by atoms with Crippen LogP contribution in [0, 0.1) is 12.7 Å². The van der Waals surface area contributed by atoms with Crippen LogP contribution in [0.15, 0.2) is 36.5 Å². The number of nitrogens with one attached hydrogen (secondary N) is 2. The van der Waals surface area contributed by atoms with E-state index >= 15 is 0 Å². The number of fused-ring (bicyclic) bond motifs is 1. The lowest BCUT2D eigenvalue weighted by Crippen LogP contribution is -2.31. The Bertz CT molecular complexity index is 761. The van der Waals surface area contributed by atoms with Crippen molar-refractivity contribution >= 4 is 23.3 Å². The van der Waals surface area contributed by atoms with Gasteiger partial charge in [-0.15, -0.1) is 0 Å². The zero-order valence-corrected chi connectivity index (χ0v) is 11.9. The first-order valence-electron chi connectivity index (χ1n) is 6.86. The third kappa shape index (κ3) is 2.81. The minimum absolute atomic E-state index is 0.0241. The van der Waals surface area contributed by atoms with Crippen LogP contribution in [0.3, 0.4) is 0 Å². The predicted molar refractivity (Wildman–Crippen MR) is 80.0 cm³/mol. The minimum atomic E-state index is -0.660. The summed E-state index contributed by atoms with van der Waals surface area (Å²) in [6.45, 7) is 1.89. The van der Waals surface area contributed by atoms with Crippen molar-refractivity contribution in [2.24, 2.45) is 0 Å². The van der Waals surface area contributed by atoms with E-state index in [0.29, 0.717) is 17.1 Å². The molecule has 0 radical (unpaired) electrons. The first kappa shape index (κ1) is 14.2. The maximum atomic E-state index is 13.3. The van der Waals surface area contributed by atoms with Crippen LogP contribution in [-0.4, -0.2) is 16.8 Å². The van der Waals surface area contributed by atoms with E-state index in [1.807, 2.05) is 13.0 Å². The number of pyridine rings is 1. The summed E-state index contributed by atoms with van der Waals surface area (Å²) in [6, 6.07) is 7.59. The molecule has 5 nitrogen and oxygen atoms in total. The van der Waals surface area contributed by atoms with E-state index in [1.54, 1.807) is 12.3 Å². The van der Waals surface area contributed by atoms with Gasteiger partial charge in [-0.25, -0.2) is 9.37 Å². The highest BCUT2D eigenvalue weighted by atomic mass is 19.1. The molecule has 112 valence electrons. The predicted octanol–water partition coefficient (Wildman–Crippen LogP) is 2.59. The molecule has 3 rings (SSSR count). The fourth-order valence-electron chi connectivity index (χ4n) is 2.49. The number of anilines is 2. The molecule has 2 heterocycles. The topological polar surface area (TPSA) is 71.1 Å². The zero-order valence-electron chi connectivity index (χ0n) is 11.9. The summed E-state index contributed by atoms with van der Waals surface area (Å²) in [5.41, 5.74) is 1.91. The number of halogens is 1. The average Bonchev–Trinajstić information content (AvgIpc) is 2.45. The highest BCUT2D eigenvalue weighted by Gasteiger charge is 2.31. The van der Waals surface area contributed by atoms with Crippen LogP contribution < -0.4 is 10.6 Å². The molecule has 2 aromatic rings. The molecule has 2 N–H and O–H groups in total. The molecule has 0 spiro atoms. The molecule has 1 aliphatic heterocycles. The number of amides is 2. The lowest BCUT2D eigenvalue weighted by molar-refractivity contribution is -0.123. The van der Waals surface area contributed by atoms with Crippen molar-refractivity contribution in [3.05, 3.63) is 53.5 Å². The average molecular weight is 299 g/mol. The van der Waals surface area contributed by atoms with Crippen LogP contribution in [0.25, 0.3) is 0 Å². The third-order valence-electron chi connectivity index (χ3n) is 3.54. The summed E-state index contributed by atoms with van der Waals surface area (Å²) in [6.07, 6.45) is 1.62. The number of carbonyl (C=O) groups excluding carboxylic acids is 2. The van der Waals surface area contributed by atoms with Crippen molar-refractivity contribution in [3.8, 4) is 0 Å². The van der Waals surface area contributed by atoms with E-state index in [0.717, 1.165) is 5.56 Å². The van der Waals surface area contributed by atoms with E-state index in [4.69, 9.17) is 0 Å². The van der Waals surface area contributed by atoms with Gasteiger partial charge >= 0.3 is 0 Å². The van der Waals surface area contributed by atoms with Gasteiger partial charge < -0.3 is 10.6 Å². The van der Waals surface area contributed by atoms with E-state index in [9.17, 15) is 14.0 Å². The Morgan fingerprint density at radius 2 is 2.18 bits per heavy atom. The summed E-state index contributed by atoms with van der Waals surface area (Å²) in [5, 5.41) is 5.29. The second-order valence-electron chi connectivity index (χ2n) is 5.24. The number of aromatic nitrogens is 1. The van der Waals surface area contributed by atoms with Crippen LogP contribution in [0.5, 0.6) is 0 Å². The monoisotopic (exact) mass is 299 g/mol. The Kier molecular flexibility index (Phi) is 3.58. The fraction of sp³-hybridized carbons (Fsp3) is 0.188. The van der Waals surface area contributed by atoms with Gasteiger partial charge in [0, 0.05) is 18.3 Å². The smallest absolute Gasteiger partial charge is 0.233 e. The number of rotatable bonds is 2. The van der Waals surface area contributed by atoms with Gasteiger partial charge in [0.25, 0.3) is 0 Å².